The molecule has 2 aromatic carbocycles. The average Bonchev–Trinajstić information content (AvgIpc) is 3.25. The number of likely N-dealkylation sites (N-methyl/N-ethyl adjacent to an activating group) is 1. The number of methoxy groups -OCH3 is 2. The molecule has 1 aromatic heterocycles. The minimum atomic E-state index is -0.267. The molecular weight excluding hydrogens is 426 g/mol. The van der Waals surface area contributed by atoms with Crippen LogP contribution in [0.5, 0.6) is 17.2 Å². The van der Waals surface area contributed by atoms with Gasteiger partial charge in [-0.05, 0) is 50.0 Å². The van der Waals surface area contributed by atoms with E-state index >= 15 is 0 Å². The van der Waals surface area contributed by atoms with Gasteiger partial charge in [0.1, 0.15) is 12.4 Å². The predicted molar refractivity (Wildman–Crippen MR) is 129 cm³/mol. The van der Waals surface area contributed by atoms with E-state index < -0.39 is 0 Å². The zero-order chi connectivity index (χ0) is 22.9. The molecule has 3 aromatic rings. The first-order valence-electron chi connectivity index (χ1n) is 10.0. The molecule has 0 aliphatic rings. The van der Waals surface area contributed by atoms with Gasteiger partial charge >= 0.3 is 0 Å². The number of amides is 1. The Labute approximate surface area is 192 Å². The Morgan fingerprint density at radius 2 is 1.88 bits per heavy atom. The number of hydrogen-bond acceptors (Lipinski definition) is 7. The smallest absolute Gasteiger partial charge is 0.250 e. The summed E-state index contributed by atoms with van der Waals surface area (Å²) in [4.78, 5) is 19.0. The van der Waals surface area contributed by atoms with Crippen molar-refractivity contribution in [1.29, 1.82) is 0 Å². The number of thiazole rings is 1. The van der Waals surface area contributed by atoms with E-state index in [4.69, 9.17) is 14.2 Å². The van der Waals surface area contributed by atoms with Crippen LogP contribution in [0.25, 0.3) is 17.3 Å². The van der Waals surface area contributed by atoms with Crippen LogP contribution < -0.4 is 19.5 Å². The molecule has 32 heavy (non-hydrogen) atoms. The molecule has 3 rings (SSSR count). The second kappa shape index (κ2) is 11.3. The van der Waals surface area contributed by atoms with Gasteiger partial charge < -0.3 is 19.1 Å². The summed E-state index contributed by atoms with van der Waals surface area (Å²) in [7, 11) is 7.16. The van der Waals surface area contributed by atoms with Crippen LogP contribution in [0.15, 0.2) is 53.9 Å². The fraction of sp³-hybridized carbons (Fsp3) is 0.250. The van der Waals surface area contributed by atoms with E-state index in [-0.39, 0.29) is 5.91 Å². The van der Waals surface area contributed by atoms with Gasteiger partial charge in [-0.25, -0.2) is 4.98 Å². The first kappa shape index (κ1) is 23.3. The summed E-state index contributed by atoms with van der Waals surface area (Å²) in [5, 5.41) is 5.23. The summed E-state index contributed by atoms with van der Waals surface area (Å²) in [6, 6.07) is 13.2. The van der Waals surface area contributed by atoms with Crippen molar-refractivity contribution < 1.29 is 19.0 Å². The van der Waals surface area contributed by atoms with Crippen molar-refractivity contribution in [2.75, 3.05) is 46.8 Å². The van der Waals surface area contributed by atoms with Crippen LogP contribution in [0.3, 0.4) is 0 Å². The normalized spacial score (nSPS) is 11.0. The number of hydrogen-bond donors (Lipinski definition) is 1. The number of anilines is 1. The van der Waals surface area contributed by atoms with E-state index in [2.05, 4.69) is 15.2 Å². The first-order chi connectivity index (χ1) is 15.5. The molecule has 8 heteroatoms. The molecule has 7 nitrogen and oxygen atoms in total. The Bertz CT molecular complexity index is 1080. The van der Waals surface area contributed by atoms with E-state index in [0.29, 0.717) is 23.2 Å². The van der Waals surface area contributed by atoms with Crippen LogP contribution in [0.1, 0.15) is 5.56 Å². The van der Waals surface area contributed by atoms with Gasteiger partial charge in [0.05, 0.1) is 19.9 Å². The number of carbonyl (C=O) groups excluding carboxylic acids is 1. The maximum atomic E-state index is 12.4. The quantitative estimate of drug-likeness (QED) is 0.458. The second-order valence-electron chi connectivity index (χ2n) is 7.12. The maximum absolute atomic E-state index is 12.4. The lowest BCUT2D eigenvalue weighted by atomic mass is 10.1. The van der Waals surface area contributed by atoms with Gasteiger partial charge in [0.25, 0.3) is 0 Å². The van der Waals surface area contributed by atoms with E-state index in [1.807, 2.05) is 49.8 Å². The van der Waals surface area contributed by atoms with Crippen molar-refractivity contribution in [2.24, 2.45) is 0 Å². The third kappa shape index (κ3) is 6.32. The third-order valence-electron chi connectivity index (χ3n) is 4.53. The van der Waals surface area contributed by atoms with E-state index in [1.165, 1.54) is 17.4 Å². The first-order valence-corrected chi connectivity index (χ1v) is 10.9. The predicted octanol–water partition coefficient (Wildman–Crippen LogP) is 4.42. The van der Waals surface area contributed by atoms with Gasteiger partial charge in [-0.15, -0.1) is 11.3 Å². The van der Waals surface area contributed by atoms with E-state index in [1.54, 1.807) is 32.4 Å². The molecule has 1 heterocycles. The van der Waals surface area contributed by atoms with Crippen LogP contribution in [0.2, 0.25) is 0 Å². The molecule has 0 aliphatic carbocycles. The highest BCUT2D eigenvalue weighted by molar-refractivity contribution is 7.14. The lowest BCUT2D eigenvalue weighted by molar-refractivity contribution is -0.111. The van der Waals surface area contributed by atoms with Gasteiger partial charge in [-0.2, -0.15) is 0 Å². The summed E-state index contributed by atoms with van der Waals surface area (Å²) >= 11 is 1.37. The number of para-hydroxylation sites is 1. The number of nitrogens with one attached hydrogen (secondary N) is 1. The zero-order valence-electron chi connectivity index (χ0n) is 18.6. The minimum absolute atomic E-state index is 0.267. The average molecular weight is 454 g/mol. The van der Waals surface area contributed by atoms with Crippen molar-refractivity contribution in [3.8, 4) is 28.5 Å². The number of carbonyl (C=O) groups is 1. The van der Waals surface area contributed by atoms with Gasteiger partial charge in [-0.1, -0.05) is 18.2 Å². The summed E-state index contributed by atoms with van der Waals surface area (Å²) in [6.07, 6.45) is 3.17. The highest BCUT2D eigenvalue weighted by atomic mass is 32.1. The third-order valence-corrected chi connectivity index (χ3v) is 5.29. The topological polar surface area (TPSA) is 72.9 Å². The summed E-state index contributed by atoms with van der Waals surface area (Å²) < 4.78 is 16.4. The van der Waals surface area contributed by atoms with Crippen molar-refractivity contribution in [2.45, 2.75) is 0 Å². The Hall–Kier alpha value is -3.36. The Morgan fingerprint density at radius 3 is 2.62 bits per heavy atom. The lowest BCUT2D eigenvalue weighted by Crippen LogP contribution is -2.19. The highest BCUT2D eigenvalue weighted by Gasteiger charge is 2.11. The Balaban J connectivity index is 1.65. The number of ether oxygens (including phenoxy) is 3. The molecule has 0 bridgehead atoms. The Kier molecular flexibility index (Phi) is 8.24. The fourth-order valence-corrected chi connectivity index (χ4v) is 3.59. The molecule has 0 saturated carbocycles. The second-order valence-corrected chi connectivity index (χ2v) is 7.98. The summed E-state index contributed by atoms with van der Waals surface area (Å²) in [6.45, 7) is 1.40. The number of rotatable bonds is 10. The molecule has 1 amide bonds. The number of benzene rings is 2. The van der Waals surface area contributed by atoms with E-state index in [0.717, 1.165) is 29.1 Å². The largest absolute Gasteiger partial charge is 0.493 e. The number of aromatic nitrogens is 1. The SMILES string of the molecule is COc1ccc(/C=C/C(=O)Nc2nc(-c3ccccc3OCCN(C)C)cs2)cc1OC. The maximum Gasteiger partial charge on any atom is 0.250 e. The molecule has 0 aliphatic heterocycles. The van der Waals surface area contributed by atoms with Gasteiger partial charge in [0.15, 0.2) is 16.6 Å². The van der Waals surface area contributed by atoms with Crippen LogP contribution in [-0.2, 0) is 4.79 Å². The van der Waals surface area contributed by atoms with Gasteiger partial charge in [0.2, 0.25) is 5.91 Å². The standard InChI is InChI=1S/C24H27N3O4S/c1-27(2)13-14-31-20-8-6-5-7-18(20)19-16-32-24(25-19)26-23(28)12-10-17-9-11-21(29-3)22(15-17)30-4/h5-12,15-16H,13-14H2,1-4H3,(H,25,26,28)/b12-10+. The van der Waals surface area contributed by atoms with Crippen molar-refractivity contribution >= 4 is 28.5 Å². The molecule has 0 saturated heterocycles. The molecule has 0 atom stereocenters. The van der Waals surface area contributed by atoms with Crippen molar-refractivity contribution in [3.63, 3.8) is 0 Å². The van der Waals surface area contributed by atoms with Crippen LogP contribution in [0.4, 0.5) is 5.13 Å². The summed E-state index contributed by atoms with van der Waals surface area (Å²) in [5.74, 6) is 1.74. The van der Waals surface area contributed by atoms with Crippen LogP contribution in [0, 0.1) is 0 Å². The van der Waals surface area contributed by atoms with Gasteiger partial charge in [-0.3, -0.25) is 10.1 Å². The molecule has 0 radical (unpaired) electrons. The Morgan fingerprint density at radius 1 is 1.09 bits per heavy atom. The lowest BCUT2D eigenvalue weighted by Gasteiger charge is -2.13. The van der Waals surface area contributed by atoms with Crippen molar-refractivity contribution in [3.05, 3.63) is 59.5 Å². The van der Waals surface area contributed by atoms with Crippen LogP contribution >= 0.6 is 11.3 Å². The highest BCUT2D eigenvalue weighted by Crippen LogP contribution is 2.32. The molecular formula is C24H27N3O4S. The fourth-order valence-electron chi connectivity index (χ4n) is 2.87. The monoisotopic (exact) mass is 453 g/mol. The number of nitrogens with zero attached hydrogens (tertiary/aromatic N) is 2. The van der Waals surface area contributed by atoms with Gasteiger partial charge in [0, 0.05) is 23.6 Å². The molecule has 0 fully saturated rings. The minimum Gasteiger partial charge on any atom is -0.493 e. The van der Waals surface area contributed by atoms with E-state index in [9.17, 15) is 4.79 Å². The molecule has 0 unspecified atom stereocenters. The van der Waals surface area contributed by atoms with Crippen LogP contribution in [-0.4, -0.2) is 57.3 Å². The summed E-state index contributed by atoms with van der Waals surface area (Å²) in [5.41, 5.74) is 2.47. The zero-order valence-corrected chi connectivity index (χ0v) is 19.4. The van der Waals surface area contributed by atoms with Crippen molar-refractivity contribution in [1.82, 2.24) is 9.88 Å². The molecule has 168 valence electrons. The molecule has 0 spiro atoms. The molecule has 1 N–H and O–H groups in total.